The molecule has 2 N–H and O–H groups in total. The predicted octanol–water partition coefficient (Wildman–Crippen LogP) is 1.99. The molecule has 0 saturated carbocycles. The van der Waals surface area contributed by atoms with Gasteiger partial charge in [-0.3, -0.25) is 0 Å². The molecule has 0 saturated heterocycles. The highest BCUT2D eigenvalue weighted by Gasteiger charge is 2.08. The van der Waals surface area contributed by atoms with Crippen LogP contribution in [0.25, 0.3) is 10.9 Å². The van der Waals surface area contributed by atoms with E-state index in [-0.39, 0.29) is 0 Å². The fraction of sp³-hybridized carbons (Fsp3) is 0.308. The van der Waals surface area contributed by atoms with Crippen LogP contribution in [0.3, 0.4) is 0 Å². The van der Waals surface area contributed by atoms with Crippen LogP contribution in [0.4, 0.5) is 0 Å². The lowest BCUT2D eigenvalue weighted by Crippen LogP contribution is -2.14. The van der Waals surface area contributed by atoms with Gasteiger partial charge in [0.05, 0.1) is 5.56 Å². The van der Waals surface area contributed by atoms with E-state index >= 15 is 0 Å². The number of rotatable bonds is 4. The molecule has 0 aliphatic rings. The average Bonchev–Trinajstić information content (AvgIpc) is 2.63. The fourth-order valence-corrected chi connectivity index (χ4v) is 1.94. The monoisotopic (exact) mass is 232 g/mol. The van der Waals surface area contributed by atoms with Crippen LogP contribution in [-0.4, -0.2) is 22.2 Å². The summed E-state index contributed by atoms with van der Waals surface area (Å²) in [5.74, 6) is -0.888. The van der Waals surface area contributed by atoms with Gasteiger partial charge in [0.1, 0.15) is 0 Å². The minimum atomic E-state index is -0.888. The van der Waals surface area contributed by atoms with Crippen molar-refractivity contribution in [2.45, 2.75) is 13.5 Å². The van der Waals surface area contributed by atoms with E-state index in [2.05, 4.69) is 18.3 Å². The Kier molecular flexibility index (Phi) is 3.15. The van der Waals surface area contributed by atoms with Crippen molar-refractivity contribution in [1.82, 2.24) is 9.88 Å². The van der Waals surface area contributed by atoms with Gasteiger partial charge in [0, 0.05) is 24.8 Å². The Morgan fingerprint density at radius 1 is 1.41 bits per heavy atom. The maximum absolute atomic E-state index is 10.9. The van der Waals surface area contributed by atoms with E-state index in [0.717, 1.165) is 29.7 Å². The topological polar surface area (TPSA) is 54.3 Å². The van der Waals surface area contributed by atoms with Gasteiger partial charge in [-0.15, -0.1) is 0 Å². The number of hydrogen-bond donors (Lipinski definition) is 2. The Bertz CT molecular complexity index is 558. The number of carboxylic acid groups (broad SMARTS) is 1. The highest BCUT2D eigenvalue weighted by Crippen LogP contribution is 2.20. The molecule has 90 valence electrons. The van der Waals surface area contributed by atoms with E-state index in [1.165, 1.54) is 0 Å². The van der Waals surface area contributed by atoms with Crippen LogP contribution in [0.1, 0.15) is 23.0 Å². The van der Waals surface area contributed by atoms with Crippen molar-refractivity contribution in [3.8, 4) is 0 Å². The number of benzene rings is 1. The van der Waals surface area contributed by atoms with Crippen molar-refractivity contribution in [3.63, 3.8) is 0 Å². The van der Waals surface area contributed by atoms with Gasteiger partial charge in [-0.2, -0.15) is 0 Å². The zero-order valence-electron chi connectivity index (χ0n) is 10.0. The lowest BCUT2D eigenvalue weighted by Gasteiger charge is -2.04. The lowest BCUT2D eigenvalue weighted by atomic mass is 10.1. The Morgan fingerprint density at radius 3 is 2.82 bits per heavy atom. The van der Waals surface area contributed by atoms with Crippen LogP contribution in [0.2, 0.25) is 0 Å². The van der Waals surface area contributed by atoms with Crippen LogP contribution in [0.5, 0.6) is 0 Å². The Labute approximate surface area is 99.9 Å². The SMILES string of the molecule is CCNCc1cc2ccc(C(=O)O)cc2n1C. The minimum Gasteiger partial charge on any atom is -0.478 e. The molecule has 0 aliphatic heterocycles. The summed E-state index contributed by atoms with van der Waals surface area (Å²) in [5.41, 5.74) is 2.44. The van der Waals surface area contributed by atoms with E-state index in [4.69, 9.17) is 5.11 Å². The molecule has 0 aliphatic carbocycles. The number of aryl methyl sites for hydroxylation is 1. The van der Waals surface area contributed by atoms with Gasteiger partial charge in [0.25, 0.3) is 0 Å². The predicted molar refractivity (Wildman–Crippen MR) is 67.3 cm³/mol. The second-order valence-electron chi connectivity index (χ2n) is 4.05. The zero-order chi connectivity index (χ0) is 12.4. The smallest absolute Gasteiger partial charge is 0.335 e. The summed E-state index contributed by atoms with van der Waals surface area (Å²) in [6.45, 7) is 3.77. The first-order valence-corrected chi connectivity index (χ1v) is 5.66. The Morgan fingerprint density at radius 2 is 2.18 bits per heavy atom. The van der Waals surface area contributed by atoms with Crippen molar-refractivity contribution < 1.29 is 9.90 Å². The van der Waals surface area contributed by atoms with E-state index in [9.17, 15) is 4.79 Å². The first-order chi connectivity index (χ1) is 8.13. The molecule has 2 rings (SSSR count). The molecule has 0 atom stereocenters. The molecule has 17 heavy (non-hydrogen) atoms. The van der Waals surface area contributed by atoms with Gasteiger partial charge >= 0.3 is 5.97 Å². The number of nitrogens with one attached hydrogen (secondary N) is 1. The first-order valence-electron chi connectivity index (χ1n) is 5.66. The van der Waals surface area contributed by atoms with Crippen molar-refractivity contribution in [2.75, 3.05) is 6.54 Å². The van der Waals surface area contributed by atoms with Crippen LogP contribution in [-0.2, 0) is 13.6 Å². The molecule has 0 spiro atoms. The number of carbonyl (C=O) groups is 1. The maximum atomic E-state index is 10.9. The standard InChI is InChI=1S/C13H16N2O2/c1-3-14-8-11-6-9-4-5-10(13(16)17)7-12(9)15(11)2/h4-7,14H,3,8H2,1-2H3,(H,16,17). The summed E-state index contributed by atoms with van der Waals surface area (Å²) in [4.78, 5) is 10.9. The van der Waals surface area contributed by atoms with E-state index in [1.54, 1.807) is 12.1 Å². The third kappa shape index (κ3) is 2.17. The third-order valence-electron chi connectivity index (χ3n) is 2.95. The zero-order valence-corrected chi connectivity index (χ0v) is 10.0. The molecule has 0 amide bonds. The second-order valence-corrected chi connectivity index (χ2v) is 4.05. The molecule has 0 unspecified atom stereocenters. The van der Waals surface area contributed by atoms with Gasteiger partial charge in [0.15, 0.2) is 0 Å². The fourth-order valence-electron chi connectivity index (χ4n) is 1.94. The van der Waals surface area contributed by atoms with Gasteiger partial charge < -0.3 is 15.0 Å². The van der Waals surface area contributed by atoms with E-state index in [0.29, 0.717) is 5.56 Å². The molecule has 1 heterocycles. The number of fused-ring (bicyclic) bond motifs is 1. The number of nitrogens with zero attached hydrogens (tertiary/aromatic N) is 1. The summed E-state index contributed by atoms with van der Waals surface area (Å²) < 4.78 is 2.03. The first kappa shape index (κ1) is 11.7. The molecule has 4 nitrogen and oxygen atoms in total. The molecule has 4 heteroatoms. The van der Waals surface area contributed by atoms with Crippen molar-refractivity contribution in [2.24, 2.45) is 7.05 Å². The summed E-state index contributed by atoms with van der Waals surface area (Å²) in [5, 5.41) is 13.3. The highest BCUT2D eigenvalue weighted by molar-refractivity contribution is 5.93. The third-order valence-corrected chi connectivity index (χ3v) is 2.95. The van der Waals surface area contributed by atoms with Crippen molar-refractivity contribution >= 4 is 16.9 Å². The van der Waals surface area contributed by atoms with Crippen LogP contribution in [0.15, 0.2) is 24.3 Å². The normalized spacial score (nSPS) is 10.9. The molecule has 1 aromatic carbocycles. The van der Waals surface area contributed by atoms with Crippen LogP contribution < -0.4 is 5.32 Å². The van der Waals surface area contributed by atoms with Gasteiger partial charge in [0.2, 0.25) is 0 Å². The summed E-state index contributed by atoms with van der Waals surface area (Å²) in [6.07, 6.45) is 0. The molecule has 0 bridgehead atoms. The van der Waals surface area contributed by atoms with E-state index < -0.39 is 5.97 Å². The number of hydrogen-bond acceptors (Lipinski definition) is 2. The lowest BCUT2D eigenvalue weighted by molar-refractivity contribution is 0.0697. The second kappa shape index (κ2) is 4.59. The minimum absolute atomic E-state index is 0.328. The molecular weight excluding hydrogens is 216 g/mol. The van der Waals surface area contributed by atoms with E-state index in [1.807, 2.05) is 17.7 Å². The highest BCUT2D eigenvalue weighted by atomic mass is 16.4. The molecule has 2 aromatic rings. The summed E-state index contributed by atoms with van der Waals surface area (Å²) in [6, 6.07) is 7.30. The quantitative estimate of drug-likeness (QED) is 0.847. The summed E-state index contributed by atoms with van der Waals surface area (Å²) in [7, 11) is 1.96. The van der Waals surface area contributed by atoms with Crippen LogP contribution >= 0.6 is 0 Å². The van der Waals surface area contributed by atoms with Crippen LogP contribution in [0, 0.1) is 0 Å². The Balaban J connectivity index is 2.47. The van der Waals surface area contributed by atoms with Crippen molar-refractivity contribution in [1.29, 1.82) is 0 Å². The summed E-state index contributed by atoms with van der Waals surface area (Å²) >= 11 is 0. The molecular formula is C13H16N2O2. The number of aromatic carboxylic acids is 1. The van der Waals surface area contributed by atoms with Gasteiger partial charge in [-0.05, 0) is 30.1 Å². The molecule has 0 fully saturated rings. The largest absolute Gasteiger partial charge is 0.478 e. The number of aromatic nitrogens is 1. The van der Waals surface area contributed by atoms with Gasteiger partial charge in [-0.25, -0.2) is 4.79 Å². The van der Waals surface area contributed by atoms with Gasteiger partial charge in [-0.1, -0.05) is 13.0 Å². The number of carboxylic acids is 1. The average molecular weight is 232 g/mol. The Hall–Kier alpha value is -1.81. The maximum Gasteiger partial charge on any atom is 0.335 e. The van der Waals surface area contributed by atoms with Crippen molar-refractivity contribution in [3.05, 3.63) is 35.5 Å². The molecule has 1 aromatic heterocycles. The molecule has 0 radical (unpaired) electrons.